The maximum atomic E-state index is 4.35. The molecule has 2 nitrogen and oxygen atoms in total. The van der Waals surface area contributed by atoms with Gasteiger partial charge in [0, 0.05) is 12.8 Å². The number of halogens is 1. The zero-order valence-corrected chi connectivity index (χ0v) is 10.9. The van der Waals surface area contributed by atoms with Gasteiger partial charge in [0.2, 0.25) is 0 Å². The van der Waals surface area contributed by atoms with E-state index in [-0.39, 0.29) is 0 Å². The lowest BCUT2D eigenvalue weighted by molar-refractivity contribution is 0.763. The minimum absolute atomic E-state index is 0.681. The lowest BCUT2D eigenvalue weighted by atomic mass is 10.3. The Balaban J connectivity index is 2.45. The Morgan fingerprint density at radius 2 is 2.36 bits per heavy atom. The molecule has 2 rings (SSSR count). The monoisotopic (exact) mass is 288 g/mol. The predicted molar refractivity (Wildman–Crippen MR) is 66.9 cm³/mol. The molecule has 0 saturated heterocycles. The molecule has 0 atom stereocenters. The molecular weight excluding hydrogens is 280 g/mol. The highest BCUT2D eigenvalue weighted by Gasteiger charge is 2.08. The average molecular weight is 289 g/mol. The number of hydrogen-bond acceptors (Lipinski definition) is 3. The number of aryl methyl sites for hydroxylation is 1. The summed E-state index contributed by atoms with van der Waals surface area (Å²) in [4.78, 5) is 1.22. The molecule has 2 aromatic rings. The van der Waals surface area contributed by atoms with Gasteiger partial charge in [-0.2, -0.15) is 17.7 Å². The average Bonchev–Trinajstić information content (AvgIpc) is 2.71. The third kappa shape index (κ3) is 1.89. The number of nitrogens with zero attached hydrogens (tertiary/aromatic N) is 2. The van der Waals surface area contributed by atoms with Crippen molar-refractivity contribution in [1.82, 2.24) is 9.78 Å². The topological polar surface area (TPSA) is 17.8 Å². The standard InChI is InChI=1S/C9H9BrN2S2/c1-12-7(4-6(5-13)11-12)8-2-3-9(10)14-8/h2-4,13H,5H2,1H3. The van der Waals surface area contributed by atoms with Crippen molar-refractivity contribution in [3.63, 3.8) is 0 Å². The van der Waals surface area contributed by atoms with E-state index >= 15 is 0 Å². The van der Waals surface area contributed by atoms with Gasteiger partial charge in [-0.15, -0.1) is 11.3 Å². The van der Waals surface area contributed by atoms with Crippen LogP contribution in [0.4, 0.5) is 0 Å². The van der Waals surface area contributed by atoms with Gasteiger partial charge in [-0.1, -0.05) is 0 Å². The third-order valence-corrected chi connectivity index (χ3v) is 3.89. The van der Waals surface area contributed by atoms with Gasteiger partial charge in [0.15, 0.2) is 0 Å². The van der Waals surface area contributed by atoms with Gasteiger partial charge in [-0.05, 0) is 34.1 Å². The summed E-state index contributed by atoms with van der Waals surface area (Å²) in [6.07, 6.45) is 0. The first kappa shape index (κ1) is 10.3. The fourth-order valence-corrected chi connectivity index (χ4v) is 2.87. The fraction of sp³-hybridized carbons (Fsp3) is 0.222. The normalized spacial score (nSPS) is 10.8. The lowest BCUT2D eigenvalue weighted by Crippen LogP contribution is -1.92. The van der Waals surface area contributed by atoms with Crippen LogP contribution in [0.5, 0.6) is 0 Å². The van der Waals surface area contributed by atoms with Crippen molar-refractivity contribution >= 4 is 39.9 Å². The van der Waals surface area contributed by atoms with E-state index in [4.69, 9.17) is 0 Å². The van der Waals surface area contributed by atoms with Gasteiger partial charge in [0.25, 0.3) is 0 Å². The van der Waals surface area contributed by atoms with Crippen molar-refractivity contribution in [2.24, 2.45) is 7.05 Å². The second-order valence-electron chi connectivity index (χ2n) is 2.91. The van der Waals surface area contributed by atoms with E-state index in [0.29, 0.717) is 5.75 Å². The van der Waals surface area contributed by atoms with Crippen LogP contribution < -0.4 is 0 Å². The van der Waals surface area contributed by atoms with E-state index in [1.54, 1.807) is 11.3 Å². The Hall–Kier alpha value is -0.260. The summed E-state index contributed by atoms with van der Waals surface area (Å²) in [5, 5.41) is 4.35. The molecule has 0 saturated carbocycles. The van der Waals surface area contributed by atoms with Gasteiger partial charge in [-0.25, -0.2) is 0 Å². The smallest absolute Gasteiger partial charge is 0.0782 e. The molecule has 74 valence electrons. The Morgan fingerprint density at radius 3 is 2.86 bits per heavy atom. The molecule has 2 heterocycles. The first-order valence-corrected chi connectivity index (χ1v) is 6.34. The Morgan fingerprint density at radius 1 is 1.57 bits per heavy atom. The molecule has 0 fully saturated rings. The minimum Gasteiger partial charge on any atom is -0.267 e. The molecule has 0 unspecified atom stereocenters. The molecule has 14 heavy (non-hydrogen) atoms. The lowest BCUT2D eigenvalue weighted by Gasteiger charge is -1.95. The number of rotatable bonds is 2. The van der Waals surface area contributed by atoms with Gasteiger partial charge in [0.05, 0.1) is 20.1 Å². The molecule has 0 aliphatic carbocycles. The first-order valence-electron chi connectivity index (χ1n) is 4.10. The van der Waals surface area contributed by atoms with Crippen LogP contribution in [0.2, 0.25) is 0 Å². The molecule has 0 radical (unpaired) electrons. The highest BCUT2D eigenvalue weighted by atomic mass is 79.9. The van der Waals surface area contributed by atoms with Crippen LogP contribution in [-0.2, 0) is 12.8 Å². The zero-order chi connectivity index (χ0) is 10.1. The molecule has 0 amide bonds. The van der Waals surface area contributed by atoms with Gasteiger partial charge in [0.1, 0.15) is 0 Å². The Labute approximate surface area is 100 Å². The number of thiol groups is 1. The summed E-state index contributed by atoms with van der Waals surface area (Å²) in [7, 11) is 1.95. The Bertz CT molecular complexity index is 447. The highest BCUT2D eigenvalue weighted by Crippen LogP contribution is 2.31. The summed E-state index contributed by atoms with van der Waals surface area (Å²) in [6, 6.07) is 6.21. The summed E-state index contributed by atoms with van der Waals surface area (Å²) in [5.41, 5.74) is 2.15. The van der Waals surface area contributed by atoms with Crippen molar-refractivity contribution in [3.05, 3.63) is 27.7 Å². The maximum Gasteiger partial charge on any atom is 0.0782 e. The van der Waals surface area contributed by atoms with Crippen LogP contribution >= 0.6 is 39.9 Å². The van der Waals surface area contributed by atoms with Crippen molar-refractivity contribution in [3.8, 4) is 10.6 Å². The summed E-state index contributed by atoms with van der Waals surface area (Å²) < 4.78 is 3.03. The summed E-state index contributed by atoms with van der Waals surface area (Å²) >= 11 is 9.37. The molecule has 0 spiro atoms. The van der Waals surface area contributed by atoms with E-state index in [2.05, 4.69) is 45.8 Å². The molecule has 0 aliphatic heterocycles. The van der Waals surface area contributed by atoms with Crippen LogP contribution in [0.25, 0.3) is 10.6 Å². The largest absolute Gasteiger partial charge is 0.267 e. The second kappa shape index (κ2) is 4.08. The molecule has 0 aliphatic rings. The number of thiophene rings is 1. The molecule has 2 aromatic heterocycles. The van der Waals surface area contributed by atoms with Crippen LogP contribution in [0.3, 0.4) is 0 Å². The third-order valence-electron chi connectivity index (χ3n) is 1.92. The molecule has 0 aromatic carbocycles. The van der Waals surface area contributed by atoms with E-state index in [1.165, 1.54) is 4.88 Å². The van der Waals surface area contributed by atoms with E-state index in [1.807, 2.05) is 17.8 Å². The summed E-state index contributed by atoms with van der Waals surface area (Å²) in [5.74, 6) is 0.681. The van der Waals surface area contributed by atoms with Gasteiger partial charge >= 0.3 is 0 Å². The van der Waals surface area contributed by atoms with Crippen molar-refractivity contribution in [1.29, 1.82) is 0 Å². The highest BCUT2D eigenvalue weighted by molar-refractivity contribution is 9.11. The van der Waals surface area contributed by atoms with Gasteiger partial charge < -0.3 is 0 Å². The zero-order valence-electron chi connectivity index (χ0n) is 7.57. The molecule has 0 N–H and O–H groups in total. The van der Waals surface area contributed by atoms with Crippen molar-refractivity contribution < 1.29 is 0 Å². The van der Waals surface area contributed by atoms with Crippen LogP contribution in [0, 0.1) is 0 Å². The molecule has 0 bridgehead atoms. The van der Waals surface area contributed by atoms with E-state index < -0.39 is 0 Å². The van der Waals surface area contributed by atoms with Crippen molar-refractivity contribution in [2.75, 3.05) is 0 Å². The maximum absolute atomic E-state index is 4.35. The van der Waals surface area contributed by atoms with Crippen molar-refractivity contribution in [2.45, 2.75) is 5.75 Å². The predicted octanol–water partition coefficient (Wildman–Crippen LogP) is 3.34. The quantitative estimate of drug-likeness (QED) is 0.839. The second-order valence-corrected chi connectivity index (χ2v) is 5.69. The van der Waals surface area contributed by atoms with Crippen LogP contribution in [0.1, 0.15) is 5.69 Å². The molecular formula is C9H9BrN2S2. The SMILES string of the molecule is Cn1nc(CS)cc1-c1ccc(Br)s1. The summed E-state index contributed by atoms with van der Waals surface area (Å²) in [6.45, 7) is 0. The number of aromatic nitrogens is 2. The van der Waals surface area contributed by atoms with Crippen LogP contribution in [-0.4, -0.2) is 9.78 Å². The molecule has 5 heteroatoms. The van der Waals surface area contributed by atoms with E-state index in [9.17, 15) is 0 Å². The first-order chi connectivity index (χ1) is 6.70. The number of hydrogen-bond donors (Lipinski definition) is 1. The van der Waals surface area contributed by atoms with E-state index in [0.717, 1.165) is 15.2 Å². The fourth-order valence-electron chi connectivity index (χ4n) is 1.29. The van der Waals surface area contributed by atoms with Crippen LogP contribution in [0.15, 0.2) is 22.0 Å². The minimum atomic E-state index is 0.681. The Kier molecular flexibility index (Phi) is 2.99. The van der Waals surface area contributed by atoms with Gasteiger partial charge in [-0.3, -0.25) is 4.68 Å².